The van der Waals surface area contributed by atoms with Gasteiger partial charge in [0.1, 0.15) is 5.02 Å². The van der Waals surface area contributed by atoms with Crippen LogP contribution in [0, 0.1) is 0 Å². The fourth-order valence-electron chi connectivity index (χ4n) is 1.86. The fourth-order valence-corrected chi connectivity index (χ4v) is 2.07. The number of nitrogens with one attached hydrogen (secondary N) is 1. The predicted molar refractivity (Wildman–Crippen MR) is 75.7 cm³/mol. The number of H-pyrrole nitrogens is 1. The molecule has 6 heteroatoms. The van der Waals surface area contributed by atoms with Crippen LogP contribution in [0.15, 0.2) is 35.5 Å². The summed E-state index contributed by atoms with van der Waals surface area (Å²) in [4.78, 5) is 17.5. The van der Waals surface area contributed by atoms with Crippen LogP contribution >= 0.6 is 11.6 Å². The SMILES string of the molecule is CCN(CCc1ccncc1)c1cn[nH]c(=O)c1Cl. The number of hydrogen-bond donors (Lipinski definition) is 1. The van der Waals surface area contributed by atoms with Crippen LogP contribution in [0.5, 0.6) is 0 Å². The van der Waals surface area contributed by atoms with Crippen LogP contribution in [0.25, 0.3) is 0 Å². The van der Waals surface area contributed by atoms with E-state index in [0.717, 1.165) is 19.5 Å². The molecule has 0 bridgehead atoms. The highest BCUT2D eigenvalue weighted by molar-refractivity contribution is 6.32. The first-order valence-corrected chi connectivity index (χ1v) is 6.47. The maximum absolute atomic E-state index is 11.4. The molecule has 0 amide bonds. The molecule has 2 heterocycles. The molecule has 0 radical (unpaired) electrons. The first-order valence-electron chi connectivity index (χ1n) is 6.09. The molecule has 0 aliphatic carbocycles. The molecule has 100 valence electrons. The highest BCUT2D eigenvalue weighted by atomic mass is 35.5. The van der Waals surface area contributed by atoms with Crippen LogP contribution in [0.2, 0.25) is 5.02 Å². The molecule has 2 aromatic rings. The summed E-state index contributed by atoms with van der Waals surface area (Å²) in [6, 6.07) is 3.96. The topological polar surface area (TPSA) is 61.9 Å². The van der Waals surface area contributed by atoms with Gasteiger partial charge in [-0.15, -0.1) is 0 Å². The van der Waals surface area contributed by atoms with E-state index in [1.165, 1.54) is 5.56 Å². The van der Waals surface area contributed by atoms with Crippen molar-refractivity contribution in [3.63, 3.8) is 0 Å². The molecule has 2 rings (SSSR count). The van der Waals surface area contributed by atoms with E-state index in [-0.39, 0.29) is 10.6 Å². The lowest BCUT2D eigenvalue weighted by Crippen LogP contribution is -2.27. The zero-order valence-corrected chi connectivity index (χ0v) is 11.4. The van der Waals surface area contributed by atoms with E-state index < -0.39 is 0 Å². The number of hydrogen-bond acceptors (Lipinski definition) is 4. The van der Waals surface area contributed by atoms with Crippen LogP contribution in [0.1, 0.15) is 12.5 Å². The van der Waals surface area contributed by atoms with E-state index >= 15 is 0 Å². The van der Waals surface area contributed by atoms with Crippen molar-refractivity contribution < 1.29 is 0 Å². The molecule has 0 aliphatic heterocycles. The van der Waals surface area contributed by atoms with Crippen LogP contribution < -0.4 is 10.5 Å². The average molecular weight is 279 g/mol. The fraction of sp³-hybridized carbons (Fsp3) is 0.308. The molecular weight excluding hydrogens is 264 g/mol. The molecule has 1 N–H and O–H groups in total. The molecule has 0 atom stereocenters. The van der Waals surface area contributed by atoms with Gasteiger partial charge in [-0.3, -0.25) is 9.78 Å². The lowest BCUT2D eigenvalue weighted by molar-refractivity contribution is 0.798. The lowest BCUT2D eigenvalue weighted by atomic mass is 10.2. The van der Waals surface area contributed by atoms with Crippen molar-refractivity contribution in [2.75, 3.05) is 18.0 Å². The number of anilines is 1. The second-order valence-corrected chi connectivity index (χ2v) is 4.46. The monoisotopic (exact) mass is 278 g/mol. The summed E-state index contributed by atoms with van der Waals surface area (Å²) in [6.07, 6.45) is 5.99. The summed E-state index contributed by atoms with van der Waals surface area (Å²) < 4.78 is 0. The quantitative estimate of drug-likeness (QED) is 0.907. The number of aromatic amines is 1. The first kappa shape index (κ1) is 13.5. The van der Waals surface area contributed by atoms with Crippen molar-refractivity contribution in [1.82, 2.24) is 15.2 Å². The summed E-state index contributed by atoms with van der Waals surface area (Å²) in [7, 11) is 0. The third-order valence-corrected chi connectivity index (χ3v) is 3.28. The predicted octanol–water partition coefficient (Wildman–Crippen LogP) is 1.89. The largest absolute Gasteiger partial charge is 0.369 e. The molecule has 19 heavy (non-hydrogen) atoms. The summed E-state index contributed by atoms with van der Waals surface area (Å²) in [5.74, 6) is 0. The van der Waals surface area contributed by atoms with E-state index in [1.54, 1.807) is 18.6 Å². The van der Waals surface area contributed by atoms with Crippen molar-refractivity contribution in [3.8, 4) is 0 Å². The maximum Gasteiger partial charge on any atom is 0.285 e. The second kappa shape index (κ2) is 6.33. The zero-order chi connectivity index (χ0) is 13.7. The van der Waals surface area contributed by atoms with Crippen molar-refractivity contribution in [1.29, 1.82) is 0 Å². The van der Waals surface area contributed by atoms with Gasteiger partial charge in [-0.2, -0.15) is 5.10 Å². The number of likely N-dealkylation sites (N-methyl/N-ethyl adjacent to an activating group) is 1. The summed E-state index contributed by atoms with van der Waals surface area (Å²) in [5, 5.41) is 6.30. The molecule has 0 spiro atoms. The molecule has 0 aromatic carbocycles. The minimum Gasteiger partial charge on any atom is -0.369 e. The Labute approximate surface area is 116 Å². The lowest BCUT2D eigenvalue weighted by Gasteiger charge is -2.23. The number of aromatic nitrogens is 3. The van der Waals surface area contributed by atoms with Gasteiger partial charge < -0.3 is 4.90 Å². The Morgan fingerprint density at radius 2 is 2.11 bits per heavy atom. The van der Waals surface area contributed by atoms with E-state index in [2.05, 4.69) is 15.2 Å². The van der Waals surface area contributed by atoms with Gasteiger partial charge in [0.05, 0.1) is 11.9 Å². The number of nitrogens with zero attached hydrogens (tertiary/aromatic N) is 3. The van der Waals surface area contributed by atoms with Crippen LogP contribution in [-0.2, 0) is 6.42 Å². The summed E-state index contributed by atoms with van der Waals surface area (Å²) >= 11 is 6.01. The molecule has 2 aromatic heterocycles. The zero-order valence-electron chi connectivity index (χ0n) is 10.6. The molecular formula is C13H15ClN4O. The third-order valence-electron chi connectivity index (χ3n) is 2.92. The normalized spacial score (nSPS) is 10.4. The van der Waals surface area contributed by atoms with Gasteiger partial charge in [-0.25, -0.2) is 5.10 Å². The molecule has 0 unspecified atom stereocenters. The molecule has 0 aliphatic rings. The van der Waals surface area contributed by atoms with Gasteiger partial charge in [0.25, 0.3) is 5.56 Å². The Morgan fingerprint density at radius 3 is 2.79 bits per heavy atom. The molecule has 0 saturated heterocycles. The van der Waals surface area contributed by atoms with Crippen molar-refractivity contribution in [2.45, 2.75) is 13.3 Å². The smallest absolute Gasteiger partial charge is 0.285 e. The first-order chi connectivity index (χ1) is 9.22. The van der Waals surface area contributed by atoms with Crippen LogP contribution in [0.3, 0.4) is 0 Å². The van der Waals surface area contributed by atoms with Gasteiger partial charge in [0.15, 0.2) is 0 Å². The van der Waals surface area contributed by atoms with Crippen LogP contribution in [0.4, 0.5) is 5.69 Å². The average Bonchev–Trinajstić information content (AvgIpc) is 2.45. The van der Waals surface area contributed by atoms with Gasteiger partial charge in [-0.1, -0.05) is 11.6 Å². The Kier molecular flexibility index (Phi) is 4.52. The Bertz CT molecular complexity index is 585. The second-order valence-electron chi connectivity index (χ2n) is 4.08. The molecule has 5 nitrogen and oxygen atoms in total. The number of pyridine rings is 1. The van der Waals surface area contributed by atoms with E-state index in [4.69, 9.17) is 11.6 Å². The van der Waals surface area contributed by atoms with Gasteiger partial charge in [0.2, 0.25) is 0 Å². The number of halogens is 1. The van der Waals surface area contributed by atoms with Gasteiger partial charge >= 0.3 is 0 Å². The molecule has 0 saturated carbocycles. The van der Waals surface area contributed by atoms with Crippen molar-refractivity contribution in [2.24, 2.45) is 0 Å². The van der Waals surface area contributed by atoms with Crippen molar-refractivity contribution >= 4 is 17.3 Å². The maximum atomic E-state index is 11.4. The summed E-state index contributed by atoms with van der Waals surface area (Å²) in [5.41, 5.74) is 1.51. The Balaban J connectivity index is 2.12. The van der Waals surface area contributed by atoms with Gasteiger partial charge in [0, 0.05) is 25.5 Å². The van der Waals surface area contributed by atoms with E-state index in [1.807, 2.05) is 24.0 Å². The number of rotatable bonds is 5. The van der Waals surface area contributed by atoms with Crippen LogP contribution in [-0.4, -0.2) is 28.3 Å². The van der Waals surface area contributed by atoms with Crippen molar-refractivity contribution in [3.05, 3.63) is 51.7 Å². The summed E-state index contributed by atoms with van der Waals surface area (Å²) in [6.45, 7) is 3.55. The standard InChI is InChI=1S/C13H15ClN4O/c1-2-18(8-5-10-3-6-15-7-4-10)11-9-16-17-13(19)12(11)14/h3-4,6-7,9H,2,5,8H2,1H3,(H,17,19). The van der Waals surface area contributed by atoms with E-state index in [0.29, 0.717) is 5.69 Å². The van der Waals surface area contributed by atoms with E-state index in [9.17, 15) is 4.79 Å². The molecule has 0 fully saturated rings. The van der Waals surface area contributed by atoms with Gasteiger partial charge in [-0.05, 0) is 31.0 Å². The minimum atomic E-state index is -0.360. The Morgan fingerprint density at radius 1 is 1.37 bits per heavy atom. The third kappa shape index (κ3) is 3.32. The minimum absolute atomic E-state index is 0.187. The Hall–Kier alpha value is -1.88. The highest BCUT2D eigenvalue weighted by Crippen LogP contribution is 2.20. The highest BCUT2D eigenvalue weighted by Gasteiger charge is 2.11.